The van der Waals surface area contributed by atoms with Gasteiger partial charge in [0, 0.05) is 11.1 Å². The van der Waals surface area contributed by atoms with Crippen LogP contribution in [0.3, 0.4) is 0 Å². The molecule has 1 atom stereocenters. The first-order valence-corrected chi connectivity index (χ1v) is 10.6. The summed E-state index contributed by atoms with van der Waals surface area (Å²) < 4.78 is 31.7. The molecule has 0 unspecified atom stereocenters. The zero-order valence-corrected chi connectivity index (χ0v) is 18.4. The molecule has 0 spiro atoms. The zero-order chi connectivity index (χ0) is 22.1. The summed E-state index contributed by atoms with van der Waals surface area (Å²) in [7, 11) is 4.69. The molecule has 4 rings (SSSR count). The number of hydrogen-bond acceptors (Lipinski definition) is 6. The van der Waals surface area contributed by atoms with Crippen molar-refractivity contribution < 1.29 is 23.4 Å². The lowest BCUT2D eigenvalue weighted by Crippen LogP contribution is -2.15. The number of amides is 1. The lowest BCUT2D eigenvalue weighted by Gasteiger charge is -2.21. The Morgan fingerprint density at radius 3 is 2.42 bits per heavy atom. The highest BCUT2D eigenvalue weighted by molar-refractivity contribution is 8.00. The van der Waals surface area contributed by atoms with E-state index in [0.717, 1.165) is 16.8 Å². The number of carbonyl (C=O) groups is 1. The molecule has 1 amide bonds. The molecule has 0 bridgehead atoms. The number of methoxy groups -OCH3 is 3. The first kappa shape index (κ1) is 21.0. The minimum absolute atomic E-state index is 0.142. The van der Waals surface area contributed by atoms with Crippen molar-refractivity contribution in [3.63, 3.8) is 0 Å². The molecule has 1 aliphatic heterocycles. The van der Waals surface area contributed by atoms with Crippen molar-refractivity contribution in [2.24, 2.45) is 0 Å². The minimum atomic E-state index is -0.341. The Kier molecular flexibility index (Phi) is 5.77. The summed E-state index contributed by atoms with van der Waals surface area (Å²) in [5.41, 5.74) is 3.09. The molecule has 0 radical (unpaired) electrons. The molecule has 162 valence electrons. The highest BCUT2D eigenvalue weighted by atomic mass is 32.2. The first-order valence-electron chi connectivity index (χ1n) is 9.54. The lowest BCUT2D eigenvalue weighted by molar-refractivity contribution is -0.113. The fourth-order valence-electron chi connectivity index (χ4n) is 3.73. The van der Waals surface area contributed by atoms with Gasteiger partial charge >= 0.3 is 0 Å². The molecular weight excluding hydrogens is 421 g/mol. The van der Waals surface area contributed by atoms with Crippen LogP contribution in [0.2, 0.25) is 0 Å². The van der Waals surface area contributed by atoms with Gasteiger partial charge in [0.25, 0.3) is 0 Å². The topological polar surface area (TPSA) is 74.6 Å². The van der Waals surface area contributed by atoms with Gasteiger partial charge in [-0.15, -0.1) is 11.8 Å². The number of anilines is 1. The number of aromatic nitrogens is 2. The van der Waals surface area contributed by atoms with Crippen LogP contribution in [-0.2, 0) is 4.79 Å². The average molecular weight is 444 g/mol. The van der Waals surface area contributed by atoms with Crippen molar-refractivity contribution in [1.82, 2.24) is 9.78 Å². The summed E-state index contributed by atoms with van der Waals surface area (Å²) in [6.45, 7) is 1.89. The molecule has 1 aliphatic rings. The third-order valence-corrected chi connectivity index (χ3v) is 6.35. The summed E-state index contributed by atoms with van der Waals surface area (Å²) in [6, 6.07) is 9.70. The Hall–Kier alpha value is -3.20. The number of nitrogens with zero attached hydrogens (tertiary/aromatic N) is 2. The van der Waals surface area contributed by atoms with Crippen LogP contribution in [-0.4, -0.2) is 42.8 Å². The number of hydrogen-bond donors (Lipinski definition) is 1. The molecule has 3 aromatic rings. The normalized spacial score (nSPS) is 15.6. The minimum Gasteiger partial charge on any atom is -0.493 e. The summed E-state index contributed by atoms with van der Waals surface area (Å²) in [6.07, 6.45) is 0. The molecule has 1 aromatic heterocycles. The molecule has 7 nitrogen and oxygen atoms in total. The number of benzene rings is 2. The van der Waals surface area contributed by atoms with Crippen molar-refractivity contribution in [2.45, 2.75) is 12.2 Å². The predicted octanol–water partition coefficient (Wildman–Crippen LogP) is 4.12. The number of aryl methyl sites for hydroxylation is 1. The van der Waals surface area contributed by atoms with E-state index in [1.807, 2.05) is 19.1 Å². The SMILES string of the molecule is COc1ccc([C@H]2SCC(=O)Nc3c2c(C)nn3-c2ccc(F)cc2)c(OC)c1OC. The second-order valence-corrected chi connectivity index (χ2v) is 7.99. The van der Waals surface area contributed by atoms with E-state index in [9.17, 15) is 9.18 Å². The van der Waals surface area contributed by atoms with Gasteiger partial charge in [-0.2, -0.15) is 5.10 Å². The van der Waals surface area contributed by atoms with Crippen LogP contribution >= 0.6 is 11.8 Å². The highest BCUT2D eigenvalue weighted by Gasteiger charge is 2.33. The van der Waals surface area contributed by atoms with Crippen LogP contribution in [0.25, 0.3) is 5.69 Å². The van der Waals surface area contributed by atoms with E-state index >= 15 is 0 Å². The maximum absolute atomic E-state index is 13.4. The molecule has 31 heavy (non-hydrogen) atoms. The lowest BCUT2D eigenvalue weighted by atomic mass is 10.0. The molecule has 1 N–H and O–H groups in total. The van der Waals surface area contributed by atoms with Crippen LogP contribution in [0.15, 0.2) is 36.4 Å². The van der Waals surface area contributed by atoms with Crippen molar-refractivity contribution in [2.75, 3.05) is 32.4 Å². The van der Waals surface area contributed by atoms with Gasteiger partial charge in [0.15, 0.2) is 11.5 Å². The number of halogens is 1. The number of rotatable bonds is 5. The van der Waals surface area contributed by atoms with Crippen LogP contribution < -0.4 is 19.5 Å². The number of thioether (sulfide) groups is 1. The van der Waals surface area contributed by atoms with E-state index < -0.39 is 0 Å². The van der Waals surface area contributed by atoms with Crippen LogP contribution in [0, 0.1) is 12.7 Å². The standard InChI is InChI=1S/C22H22FN3O4S/c1-12-18-21(15-9-10-16(28-2)20(30-4)19(15)29-3)31-11-17(27)24-22(18)26(25-12)14-7-5-13(23)6-8-14/h5-10,21H,11H2,1-4H3,(H,24,27)/t21-/m1/s1. The van der Waals surface area contributed by atoms with Gasteiger partial charge in [-0.05, 0) is 43.3 Å². The van der Waals surface area contributed by atoms with Crippen molar-refractivity contribution in [3.05, 3.63) is 59.0 Å². The smallest absolute Gasteiger partial charge is 0.235 e. The van der Waals surface area contributed by atoms with Gasteiger partial charge in [-0.25, -0.2) is 9.07 Å². The molecular formula is C22H22FN3O4S. The van der Waals surface area contributed by atoms with Gasteiger partial charge in [0.1, 0.15) is 11.6 Å². The third-order valence-electron chi connectivity index (χ3n) is 5.10. The quantitative estimate of drug-likeness (QED) is 0.640. The average Bonchev–Trinajstić information content (AvgIpc) is 2.98. The Morgan fingerprint density at radius 2 is 1.77 bits per heavy atom. The van der Waals surface area contributed by atoms with Gasteiger partial charge in [0.05, 0.1) is 43.7 Å². The highest BCUT2D eigenvalue weighted by Crippen LogP contribution is 2.50. The Morgan fingerprint density at radius 1 is 1.06 bits per heavy atom. The number of carbonyl (C=O) groups excluding carboxylic acids is 1. The maximum Gasteiger partial charge on any atom is 0.235 e. The fraction of sp³-hybridized carbons (Fsp3) is 0.273. The Labute approximate surface area is 183 Å². The summed E-state index contributed by atoms with van der Waals surface area (Å²) in [4.78, 5) is 12.5. The van der Waals surface area contributed by atoms with Crippen LogP contribution in [0.1, 0.15) is 22.1 Å². The van der Waals surface area contributed by atoms with E-state index in [1.54, 1.807) is 38.1 Å². The molecule has 9 heteroatoms. The summed E-state index contributed by atoms with van der Waals surface area (Å²) in [5.74, 6) is 1.89. The molecule has 2 aromatic carbocycles. The van der Waals surface area contributed by atoms with Gasteiger partial charge in [-0.1, -0.05) is 0 Å². The van der Waals surface area contributed by atoms with Crippen molar-refractivity contribution in [1.29, 1.82) is 0 Å². The van der Waals surface area contributed by atoms with E-state index in [-0.39, 0.29) is 22.7 Å². The van der Waals surface area contributed by atoms with E-state index in [1.165, 1.54) is 23.9 Å². The molecule has 0 aliphatic carbocycles. The maximum atomic E-state index is 13.4. The number of ether oxygens (including phenoxy) is 3. The Bertz CT molecular complexity index is 1130. The van der Waals surface area contributed by atoms with Crippen LogP contribution in [0.5, 0.6) is 17.2 Å². The van der Waals surface area contributed by atoms with Crippen molar-refractivity contribution in [3.8, 4) is 22.9 Å². The largest absolute Gasteiger partial charge is 0.493 e. The van der Waals surface area contributed by atoms with E-state index in [0.29, 0.717) is 28.8 Å². The second-order valence-electron chi connectivity index (χ2n) is 6.90. The molecule has 2 heterocycles. The number of nitrogens with one attached hydrogen (secondary N) is 1. The van der Waals surface area contributed by atoms with Gasteiger partial charge in [0.2, 0.25) is 11.7 Å². The molecule has 0 saturated heterocycles. The molecule has 0 fully saturated rings. The van der Waals surface area contributed by atoms with Crippen LogP contribution in [0.4, 0.5) is 10.2 Å². The first-order chi connectivity index (χ1) is 15.0. The molecule has 0 saturated carbocycles. The predicted molar refractivity (Wildman–Crippen MR) is 117 cm³/mol. The van der Waals surface area contributed by atoms with Gasteiger partial charge < -0.3 is 19.5 Å². The fourth-order valence-corrected chi connectivity index (χ4v) is 4.93. The summed E-state index contributed by atoms with van der Waals surface area (Å²) >= 11 is 1.47. The summed E-state index contributed by atoms with van der Waals surface area (Å²) in [5, 5.41) is 7.36. The van der Waals surface area contributed by atoms with Crippen molar-refractivity contribution >= 4 is 23.5 Å². The van der Waals surface area contributed by atoms with E-state index in [2.05, 4.69) is 10.4 Å². The van der Waals surface area contributed by atoms with E-state index in [4.69, 9.17) is 14.2 Å². The second kappa shape index (κ2) is 8.50. The van der Waals surface area contributed by atoms with Gasteiger partial charge in [-0.3, -0.25) is 4.79 Å². The zero-order valence-electron chi connectivity index (χ0n) is 17.6. The number of fused-ring (bicyclic) bond motifs is 1. The third kappa shape index (κ3) is 3.69. The monoisotopic (exact) mass is 443 g/mol. The Balaban J connectivity index is 1.92.